The number of rotatable bonds is 4. The Labute approximate surface area is 169 Å². The maximum atomic E-state index is 4.50. The van der Waals surface area contributed by atoms with Crippen molar-refractivity contribution >= 4 is 39.0 Å². The first-order valence-electron chi connectivity index (χ1n) is 10.1. The van der Waals surface area contributed by atoms with Gasteiger partial charge in [0.15, 0.2) is 0 Å². The van der Waals surface area contributed by atoms with Gasteiger partial charge in [0.25, 0.3) is 0 Å². The molecule has 0 atom stereocenters. The van der Waals surface area contributed by atoms with Crippen LogP contribution in [0.2, 0.25) is 0 Å². The van der Waals surface area contributed by atoms with Gasteiger partial charge in [-0.15, -0.1) is 5.10 Å². The van der Waals surface area contributed by atoms with E-state index in [2.05, 4.69) is 61.6 Å². The highest BCUT2D eigenvalue weighted by molar-refractivity contribution is 6.09. The van der Waals surface area contributed by atoms with Crippen molar-refractivity contribution < 1.29 is 0 Å². The van der Waals surface area contributed by atoms with Crippen LogP contribution in [0.4, 0.5) is 17.1 Å². The number of hydrogen-bond donors (Lipinski definition) is 1. The lowest BCUT2D eigenvalue weighted by Gasteiger charge is -2.35. The Balaban J connectivity index is 1.42. The number of anilines is 3. The largest absolute Gasteiger partial charge is 0.369 e. The minimum absolute atomic E-state index is 0.867. The van der Waals surface area contributed by atoms with E-state index in [0.717, 1.165) is 66.0 Å². The van der Waals surface area contributed by atoms with Gasteiger partial charge in [0, 0.05) is 50.8 Å². The SMILES string of the molecule is CCN1CCN(c2ccc(Nc3ccnc4ccc5c(nnn5C)c34)cc2)CC1. The van der Waals surface area contributed by atoms with Crippen LogP contribution >= 0.6 is 0 Å². The number of benzene rings is 2. The molecule has 1 aliphatic heterocycles. The van der Waals surface area contributed by atoms with Crippen molar-refractivity contribution in [3.8, 4) is 0 Å². The van der Waals surface area contributed by atoms with Gasteiger partial charge in [-0.25, -0.2) is 4.68 Å². The van der Waals surface area contributed by atoms with Gasteiger partial charge in [0.05, 0.1) is 22.1 Å². The summed E-state index contributed by atoms with van der Waals surface area (Å²) in [6.07, 6.45) is 1.83. The Morgan fingerprint density at radius 2 is 1.76 bits per heavy atom. The number of piperazine rings is 1. The molecule has 0 radical (unpaired) electrons. The van der Waals surface area contributed by atoms with E-state index in [9.17, 15) is 0 Å². The zero-order valence-corrected chi connectivity index (χ0v) is 16.8. The van der Waals surface area contributed by atoms with Crippen LogP contribution in [0.25, 0.3) is 21.9 Å². The summed E-state index contributed by atoms with van der Waals surface area (Å²) in [4.78, 5) is 9.46. The molecule has 0 unspecified atom stereocenters. The first-order chi connectivity index (χ1) is 14.2. The molecule has 0 saturated carbocycles. The third-order valence-electron chi connectivity index (χ3n) is 5.82. The number of hydrogen-bond acceptors (Lipinski definition) is 6. The molecular weight excluding hydrogens is 362 g/mol. The van der Waals surface area contributed by atoms with Gasteiger partial charge in [0.1, 0.15) is 5.52 Å². The molecule has 0 aliphatic carbocycles. The molecule has 2 aromatic heterocycles. The Bertz CT molecular complexity index is 1140. The summed E-state index contributed by atoms with van der Waals surface area (Å²) < 4.78 is 1.79. The van der Waals surface area contributed by atoms with Gasteiger partial charge in [-0.3, -0.25) is 4.98 Å². The molecule has 1 aliphatic rings. The second-order valence-electron chi connectivity index (χ2n) is 7.49. The topological polar surface area (TPSA) is 62.1 Å². The molecule has 7 heteroatoms. The van der Waals surface area contributed by atoms with Crippen molar-refractivity contribution in [1.82, 2.24) is 24.9 Å². The summed E-state index contributed by atoms with van der Waals surface area (Å²) in [5, 5.41) is 13.1. The highest BCUT2D eigenvalue weighted by Crippen LogP contribution is 2.31. The second kappa shape index (κ2) is 7.33. The lowest BCUT2D eigenvalue weighted by atomic mass is 10.1. The third-order valence-corrected chi connectivity index (χ3v) is 5.82. The van der Waals surface area contributed by atoms with E-state index in [-0.39, 0.29) is 0 Å². The molecule has 4 aromatic rings. The monoisotopic (exact) mass is 387 g/mol. The van der Waals surface area contributed by atoms with Gasteiger partial charge in [0.2, 0.25) is 0 Å². The summed E-state index contributed by atoms with van der Waals surface area (Å²) in [6.45, 7) is 7.80. The van der Waals surface area contributed by atoms with Gasteiger partial charge in [-0.1, -0.05) is 12.1 Å². The van der Waals surface area contributed by atoms with Crippen LogP contribution in [0.15, 0.2) is 48.7 Å². The summed E-state index contributed by atoms with van der Waals surface area (Å²) in [5.74, 6) is 0. The molecule has 1 saturated heterocycles. The van der Waals surface area contributed by atoms with Crippen molar-refractivity contribution in [2.24, 2.45) is 7.05 Å². The second-order valence-corrected chi connectivity index (χ2v) is 7.49. The molecule has 0 amide bonds. The van der Waals surface area contributed by atoms with Crippen molar-refractivity contribution in [1.29, 1.82) is 0 Å². The highest BCUT2D eigenvalue weighted by Gasteiger charge is 2.16. The van der Waals surface area contributed by atoms with Crippen molar-refractivity contribution in [3.05, 3.63) is 48.7 Å². The Morgan fingerprint density at radius 1 is 0.966 bits per heavy atom. The van der Waals surface area contributed by atoms with E-state index in [1.165, 1.54) is 5.69 Å². The number of fused-ring (bicyclic) bond motifs is 3. The molecule has 5 rings (SSSR count). The average molecular weight is 387 g/mol. The molecule has 148 valence electrons. The van der Waals surface area contributed by atoms with E-state index < -0.39 is 0 Å². The van der Waals surface area contributed by atoms with Crippen LogP contribution in [0.1, 0.15) is 6.92 Å². The summed E-state index contributed by atoms with van der Waals surface area (Å²) in [6, 6.07) is 14.7. The zero-order valence-electron chi connectivity index (χ0n) is 16.8. The van der Waals surface area contributed by atoms with Crippen molar-refractivity contribution in [3.63, 3.8) is 0 Å². The normalized spacial score (nSPS) is 15.3. The Kier molecular flexibility index (Phi) is 4.52. The summed E-state index contributed by atoms with van der Waals surface area (Å²) in [5.41, 5.74) is 6.09. The van der Waals surface area contributed by atoms with E-state index in [4.69, 9.17) is 0 Å². The van der Waals surface area contributed by atoms with E-state index in [1.807, 2.05) is 31.4 Å². The van der Waals surface area contributed by atoms with Crippen molar-refractivity contribution in [2.75, 3.05) is 42.9 Å². The number of nitrogens with zero attached hydrogens (tertiary/aromatic N) is 6. The fourth-order valence-electron chi connectivity index (χ4n) is 4.08. The number of aromatic nitrogens is 4. The fourth-order valence-corrected chi connectivity index (χ4v) is 4.08. The minimum Gasteiger partial charge on any atom is -0.369 e. The molecule has 2 aromatic carbocycles. The van der Waals surface area contributed by atoms with Crippen LogP contribution in [0.3, 0.4) is 0 Å². The van der Waals surface area contributed by atoms with Gasteiger partial charge in [-0.2, -0.15) is 0 Å². The molecule has 0 bridgehead atoms. The highest BCUT2D eigenvalue weighted by atomic mass is 15.4. The molecule has 1 N–H and O–H groups in total. The van der Waals surface area contributed by atoms with Crippen LogP contribution in [-0.4, -0.2) is 57.6 Å². The number of likely N-dealkylation sites (N-methyl/N-ethyl adjacent to an activating group) is 1. The fraction of sp³-hybridized carbons (Fsp3) is 0.318. The minimum atomic E-state index is 0.867. The molecule has 29 heavy (non-hydrogen) atoms. The Morgan fingerprint density at radius 3 is 2.52 bits per heavy atom. The lowest BCUT2D eigenvalue weighted by molar-refractivity contribution is 0.271. The number of pyridine rings is 1. The quantitative estimate of drug-likeness (QED) is 0.579. The van der Waals surface area contributed by atoms with Crippen LogP contribution in [-0.2, 0) is 7.05 Å². The third kappa shape index (κ3) is 3.27. The van der Waals surface area contributed by atoms with Crippen LogP contribution < -0.4 is 10.2 Å². The van der Waals surface area contributed by atoms with Gasteiger partial charge < -0.3 is 15.1 Å². The number of aryl methyl sites for hydroxylation is 1. The molecular formula is C22H25N7. The maximum Gasteiger partial charge on any atom is 0.124 e. The summed E-state index contributed by atoms with van der Waals surface area (Å²) >= 11 is 0. The first-order valence-corrected chi connectivity index (χ1v) is 10.1. The van der Waals surface area contributed by atoms with E-state index in [0.29, 0.717) is 0 Å². The number of nitrogens with one attached hydrogen (secondary N) is 1. The average Bonchev–Trinajstić information content (AvgIpc) is 3.15. The Hall–Kier alpha value is -3.19. The van der Waals surface area contributed by atoms with E-state index in [1.54, 1.807) is 4.68 Å². The zero-order chi connectivity index (χ0) is 19.8. The predicted octanol–water partition coefficient (Wildman–Crippen LogP) is 3.40. The molecule has 3 heterocycles. The lowest BCUT2D eigenvalue weighted by Crippen LogP contribution is -2.46. The van der Waals surface area contributed by atoms with Crippen molar-refractivity contribution in [2.45, 2.75) is 6.92 Å². The predicted molar refractivity (Wildman–Crippen MR) is 118 cm³/mol. The maximum absolute atomic E-state index is 4.50. The van der Waals surface area contributed by atoms with Crippen LogP contribution in [0.5, 0.6) is 0 Å². The van der Waals surface area contributed by atoms with Gasteiger partial charge >= 0.3 is 0 Å². The summed E-state index contributed by atoms with van der Waals surface area (Å²) in [7, 11) is 1.91. The van der Waals surface area contributed by atoms with E-state index >= 15 is 0 Å². The molecule has 7 nitrogen and oxygen atoms in total. The smallest absolute Gasteiger partial charge is 0.124 e. The molecule has 1 fully saturated rings. The van der Waals surface area contributed by atoms with Gasteiger partial charge in [-0.05, 0) is 49.0 Å². The van der Waals surface area contributed by atoms with Crippen LogP contribution in [0, 0.1) is 0 Å². The standard InChI is InChI=1S/C22H25N7/c1-3-28-12-14-29(15-13-28)17-6-4-16(5-7-17)24-19-10-11-23-18-8-9-20-22(21(18)19)25-26-27(20)2/h4-11H,3,12-15H2,1-2H3,(H,23,24). The first kappa shape index (κ1) is 17.9. The molecule has 0 spiro atoms.